The summed E-state index contributed by atoms with van der Waals surface area (Å²) in [6, 6.07) is 10.9. The van der Waals surface area contributed by atoms with Crippen LogP contribution >= 0.6 is 0 Å². The van der Waals surface area contributed by atoms with Crippen LogP contribution in [-0.2, 0) is 11.3 Å². The maximum atomic E-state index is 12.2. The number of piperidine rings is 1. The van der Waals surface area contributed by atoms with Gasteiger partial charge in [0.25, 0.3) is 0 Å². The molecule has 0 radical (unpaired) electrons. The van der Waals surface area contributed by atoms with Gasteiger partial charge in [-0.3, -0.25) is 9.69 Å². The number of ketones is 1. The Kier molecular flexibility index (Phi) is 3.86. The highest BCUT2D eigenvalue weighted by atomic mass is 16.1. The van der Waals surface area contributed by atoms with E-state index in [0.29, 0.717) is 17.7 Å². The summed E-state index contributed by atoms with van der Waals surface area (Å²) in [5.74, 6) is 0.996. The number of hydrogen-bond acceptors (Lipinski definition) is 2. The topological polar surface area (TPSA) is 20.3 Å². The summed E-state index contributed by atoms with van der Waals surface area (Å²) in [5.41, 5.74) is 1.28. The maximum Gasteiger partial charge on any atom is 0.152 e. The van der Waals surface area contributed by atoms with E-state index >= 15 is 0 Å². The van der Waals surface area contributed by atoms with E-state index < -0.39 is 0 Å². The number of carbonyl (C=O) groups is 1. The minimum Gasteiger partial charge on any atom is -0.298 e. The van der Waals surface area contributed by atoms with Crippen LogP contribution < -0.4 is 0 Å². The normalized spacial score (nSPS) is 33.7. The van der Waals surface area contributed by atoms with Crippen LogP contribution in [-0.4, -0.2) is 22.8 Å². The van der Waals surface area contributed by atoms with E-state index in [1.54, 1.807) is 0 Å². The predicted molar refractivity (Wildman–Crippen MR) is 74.2 cm³/mol. The summed E-state index contributed by atoms with van der Waals surface area (Å²) in [6.07, 6.45) is 0. The molecule has 0 aliphatic carbocycles. The highest BCUT2D eigenvalue weighted by Gasteiger charge is 2.40. The molecule has 0 N–H and O–H groups in total. The van der Waals surface area contributed by atoms with Crippen LogP contribution in [0.15, 0.2) is 30.3 Å². The van der Waals surface area contributed by atoms with Crippen molar-refractivity contribution >= 4 is 5.78 Å². The lowest BCUT2D eigenvalue weighted by atomic mass is 9.78. The van der Waals surface area contributed by atoms with E-state index in [0.717, 1.165) is 6.54 Å². The number of benzene rings is 1. The molecule has 0 amide bonds. The zero-order valence-corrected chi connectivity index (χ0v) is 11.8. The first-order valence-electron chi connectivity index (χ1n) is 6.85. The minimum absolute atomic E-state index is 0.0337. The largest absolute Gasteiger partial charge is 0.298 e. The van der Waals surface area contributed by atoms with Crippen LogP contribution in [0, 0.1) is 11.8 Å². The fourth-order valence-corrected chi connectivity index (χ4v) is 2.95. The van der Waals surface area contributed by atoms with Crippen molar-refractivity contribution in [3.05, 3.63) is 35.9 Å². The van der Waals surface area contributed by atoms with Gasteiger partial charge in [0.05, 0.1) is 6.04 Å². The van der Waals surface area contributed by atoms with Gasteiger partial charge >= 0.3 is 0 Å². The third-order valence-electron chi connectivity index (χ3n) is 4.64. The molecule has 1 aromatic carbocycles. The average Bonchev–Trinajstić information content (AvgIpc) is 2.40. The van der Waals surface area contributed by atoms with Crippen molar-refractivity contribution in [1.29, 1.82) is 0 Å². The lowest BCUT2D eigenvalue weighted by molar-refractivity contribution is -0.136. The molecule has 0 saturated carbocycles. The Bertz CT molecular complexity index is 414. The quantitative estimate of drug-likeness (QED) is 0.798. The van der Waals surface area contributed by atoms with Gasteiger partial charge in [-0.2, -0.15) is 0 Å². The minimum atomic E-state index is 0.0337. The standard InChI is InChI=1S/C16H23NO/c1-11-12(2)16(18)14(4)17(13(11)3)10-15-8-6-5-7-9-15/h5-9,11-14H,10H2,1-4H3/t11-,12-,13-,14-/m0/s1. The third-order valence-corrected chi connectivity index (χ3v) is 4.64. The Morgan fingerprint density at radius 2 is 1.67 bits per heavy atom. The number of rotatable bonds is 2. The highest BCUT2D eigenvalue weighted by molar-refractivity contribution is 5.86. The molecule has 0 spiro atoms. The van der Waals surface area contributed by atoms with Crippen molar-refractivity contribution in [2.75, 3.05) is 0 Å². The number of hydrogen-bond donors (Lipinski definition) is 0. The Balaban J connectivity index is 2.18. The first-order valence-corrected chi connectivity index (χ1v) is 6.85. The van der Waals surface area contributed by atoms with Gasteiger partial charge in [0.15, 0.2) is 5.78 Å². The molecule has 1 aliphatic heterocycles. The molecule has 0 aromatic heterocycles. The molecule has 2 heteroatoms. The molecule has 2 nitrogen and oxygen atoms in total. The van der Waals surface area contributed by atoms with Gasteiger partial charge in [0.2, 0.25) is 0 Å². The lowest BCUT2D eigenvalue weighted by Gasteiger charge is -2.44. The molecule has 18 heavy (non-hydrogen) atoms. The molecule has 1 aromatic rings. The van der Waals surface area contributed by atoms with Crippen molar-refractivity contribution in [3.63, 3.8) is 0 Å². The van der Waals surface area contributed by atoms with E-state index in [4.69, 9.17) is 0 Å². The van der Waals surface area contributed by atoms with E-state index in [2.05, 4.69) is 49.9 Å². The van der Waals surface area contributed by atoms with Crippen molar-refractivity contribution < 1.29 is 4.79 Å². The molecular weight excluding hydrogens is 222 g/mol. The number of nitrogens with zero attached hydrogens (tertiary/aromatic N) is 1. The van der Waals surface area contributed by atoms with Crippen molar-refractivity contribution in [1.82, 2.24) is 4.90 Å². The monoisotopic (exact) mass is 245 g/mol. The first kappa shape index (κ1) is 13.3. The summed E-state index contributed by atoms with van der Waals surface area (Å²) < 4.78 is 0. The zero-order chi connectivity index (χ0) is 13.3. The van der Waals surface area contributed by atoms with Gasteiger partial charge in [0.1, 0.15) is 0 Å². The SMILES string of the molecule is C[C@H]1[C@H](C)C(=O)[C@H](C)N(Cc2ccccc2)[C@H]1C. The van der Waals surface area contributed by atoms with Crippen LogP contribution in [0.25, 0.3) is 0 Å². The summed E-state index contributed by atoms with van der Waals surface area (Å²) in [7, 11) is 0. The molecule has 98 valence electrons. The van der Waals surface area contributed by atoms with Gasteiger partial charge in [-0.25, -0.2) is 0 Å². The second kappa shape index (κ2) is 5.23. The molecular formula is C16H23NO. The van der Waals surface area contributed by atoms with Gasteiger partial charge in [-0.05, 0) is 25.3 Å². The van der Waals surface area contributed by atoms with E-state index in [1.165, 1.54) is 5.56 Å². The number of Topliss-reactive ketones (excluding diaryl/α,β-unsaturated/α-hetero) is 1. The number of likely N-dealkylation sites (tertiary alicyclic amines) is 1. The second-order valence-corrected chi connectivity index (χ2v) is 5.62. The predicted octanol–water partition coefficient (Wildman–Crippen LogP) is 3.12. The molecule has 1 saturated heterocycles. The Morgan fingerprint density at radius 3 is 2.28 bits per heavy atom. The van der Waals surface area contributed by atoms with Crippen LogP contribution in [0.4, 0.5) is 0 Å². The van der Waals surface area contributed by atoms with Crippen LogP contribution in [0.3, 0.4) is 0 Å². The Hall–Kier alpha value is -1.15. The Morgan fingerprint density at radius 1 is 1.06 bits per heavy atom. The van der Waals surface area contributed by atoms with Crippen LogP contribution in [0.1, 0.15) is 33.3 Å². The molecule has 1 fully saturated rings. The fourth-order valence-electron chi connectivity index (χ4n) is 2.95. The molecule has 0 unspecified atom stereocenters. The summed E-state index contributed by atoms with van der Waals surface area (Å²) in [6.45, 7) is 9.42. The fraction of sp³-hybridized carbons (Fsp3) is 0.562. The summed E-state index contributed by atoms with van der Waals surface area (Å²) in [5, 5.41) is 0. The van der Waals surface area contributed by atoms with Gasteiger partial charge in [-0.1, -0.05) is 44.2 Å². The first-order chi connectivity index (χ1) is 8.52. The van der Waals surface area contributed by atoms with Gasteiger partial charge < -0.3 is 0 Å². The van der Waals surface area contributed by atoms with E-state index in [-0.39, 0.29) is 12.0 Å². The zero-order valence-electron chi connectivity index (χ0n) is 11.8. The van der Waals surface area contributed by atoms with Crippen molar-refractivity contribution in [2.24, 2.45) is 11.8 Å². The van der Waals surface area contributed by atoms with Crippen molar-refractivity contribution in [2.45, 2.75) is 46.3 Å². The molecule has 0 bridgehead atoms. The highest BCUT2D eigenvalue weighted by Crippen LogP contribution is 2.31. The maximum absolute atomic E-state index is 12.2. The molecule has 1 aliphatic rings. The number of carbonyl (C=O) groups excluding carboxylic acids is 1. The smallest absolute Gasteiger partial charge is 0.152 e. The second-order valence-electron chi connectivity index (χ2n) is 5.62. The van der Waals surface area contributed by atoms with Crippen molar-refractivity contribution in [3.8, 4) is 0 Å². The summed E-state index contributed by atoms with van der Waals surface area (Å²) in [4.78, 5) is 14.6. The summed E-state index contributed by atoms with van der Waals surface area (Å²) >= 11 is 0. The molecule has 4 atom stereocenters. The van der Waals surface area contributed by atoms with E-state index in [9.17, 15) is 4.79 Å². The van der Waals surface area contributed by atoms with E-state index in [1.807, 2.05) is 13.0 Å². The lowest BCUT2D eigenvalue weighted by Crippen LogP contribution is -2.55. The Labute approximate surface area is 110 Å². The average molecular weight is 245 g/mol. The van der Waals surface area contributed by atoms with Crippen LogP contribution in [0.5, 0.6) is 0 Å². The van der Waals surface area contributed by atoms with Gasteiger partial charge in [-0.15, -0.1) is 0 Å². The van der Waals surface area contributed by atoms with Gasteiger partial charge in [0, 0.05) is 18.5 Å². The molecule has 2 rings (SSSR count). The third kappa shape index (κ3) is 2.35. The van der Waals surface area contributed by atoms with Crippen LogP contribution in [0.2, 0.25) is 0 Å². The molecule has 1 heterocycles.